The second-order valence-electron chi connectivity index (χ2n) is 7.50. The molecule has 2 saturated heterocycles. The van der Waals surface area contributed by atoms with Crippen molar-refractivity contribution in [3.8, 4) is 0 Å². The number of rotatable bonds is 3. The fraction of sp³-hybridized carbons (Fsp3) is 0.579. The Balaban J connectivity index is 1.57. The number of para-hydroxylation sites is 1. The summed E-state index contributed by atoms with van der Waals surface area (Å²) in [5.74, 6) is 0.692. The zero-order chi connectivity index (χ0) is 18.1. The van der Waals surface area contributed by atoms with Crippen molar-refractivity contribution >= 4 is 38.4 Å². The summed E-state index contributed by atoms with van der Waals surface area (Å²) in [5.41, 5.74) is 0.911. The lowest BCUT2D eigenvalue weighted by Gasteiger charge is -2.24. The minimum Gasteiger partial charge on any atom is -0.316 e. The second-order valence-corrected chi connectivity index (χ2v) is 10.9. The number of sulfone groups is 1. The Morgan fingerprint density at radius 2 is 1.85 bits per heavy atom. The average molecular weight is 393 g/mol. The first-order chi connectivity index (χ1) is 12.5. The van der Waals surface area contributed by atoms with Crippen molar-refractivity contribution in [2.24, 2.45) is 10.9 Å². The lowest BCUT2D eigenvalue weighted by atomic mass is 9.87. The predicted molar refractivity (Wildman–Crippen MR) is 106 cm³/mol. The molecule has 2 atom stereocenters. The van der Waals surface area contributed by atoms with E-state index >= 15 is 0 Å². The number of aliphatic imine (C=N–C) groups is 1. The zero-order valence-electron chi connectivity index (χ0n) is 14.7. The molecule has 0 unspecified atom stereocenters. The normalized spacial score (nSPS) is 29.8. The molecule has 26 heavy (non-hydrogen) atoms. The van der Waals surface area contributed by atoms with Gasteiger partial charge in [-0.15, -0.1) is 0 Å². The van der Waals surface area contributed by atoms with Gasteiger partial charge in [0.05, 0.1) is 17.5 Å². The Bertz CT molecular complexity index is 801. The van der Waals surface area contributed by atoms with Crippen LogP contribution in [0.25, 0.3) is 0 Å². The molecule has 3 fully saturated rings. The van der Waals surface area contributed by atoms with Crippen molar-refractivity contribution in [3.63, 3.8) is 0 Å². The number of hydrogen-bond donors (Lipinski definition) is 0. The van der Waals surface area contributed by atoms with Crippen LogP contribution in [0.2, 0.25) is 0 Å². The summed E-state index contributed by atoms with van der Waals surface area (Å²) in [4.78, 5) is 18.9. The SMILES string of the molecule is O=C(CC1CCCCC1)N=C1S[C@@H]2CS(=O)(=O)C[C@H]2N1c1ccccc1. The highest BCUT2D eigenvalue weighted by molar-refractivity contribution is 8.16. The summed E-state index contributed by atoms with van der Waals surface area (Å²) < 4.78 is 24.1. The molecule has 0 N–H and O–H groups in total. The first-order valence-corrected chi connectivity index (χ1v) is 12.0. The molecule has 4 rings (SSSR count). The molecule has 1 saturated carbocycles. The number of amides is 1. The predicted octanol–water partition coefficient (Wildman–Crippen LogP) is 3.26. The van der Waals surface area contributed by atoms with Crippen LogP contribution >= 0.6 is 11.8 Å². The number of thioether (sulfide) groups is 1. The number of fused-ring (bicyclic) bond motifs is 1. The van der Waals surface area contributed by atoms with Gasteiger partial charge < -0.3 is 4.90 Å². The highest BCUT2D eigenvalue weighted by Gasteiger charge is 2.49. The van der Waals surface area contributed by atoms with E-state index in [4.69, 9.17) is 0 Å². The van der Waals surface area contributed by atoms with Gasteiger partial charge in [0.25, 0.3) is 0 Å². The van der Waals surface area contributed by atoms with Crippen molar-refractivity contribution in [3.05, 3.63) is 30.3 Å². The molecule has 7 heteroatoms. The van der Waals surface area contributed by atoms with E-state index in [0.29, 0.717) is 17.5 Å². The average Bonchev–Trinajstić information content (AvgIpc) is 3.07. The third-order valence-corrected chi connectivity index (χ3v) is 8.72. The Morgan fingerprint density at radius 3 is 2.58 bits per heavy atom. The maximum absolute atomic E-state index is 12.5. The van der Waals surface area contributed by atoms with E-state index in [1.807, 2.05) is 35.2 Å². The van der Waals surface area contributed by atoms with E-state index in [2.05, 4.69) is 4.99 Å². The summed E-state index contributed by atoms with van der Waals surface area (Å²) in [6, 6.07) is 9.56. The standard InChI is InChI=1S/C19H24N2O3S2/c22-18(11-14-7-3-1-4-8-14)20-19-21(15-9-5-2-6-10-15)16-12-26(23,24)13-17(16)25-19/h2,5-6,9-10,14,16-17H,1,3-4,7-8,11-13H2/t16-,17-/m1/s1. The van der Waals surface area contributed by atoms with Gasteiger partial charge in [-0.3, -0.25) is 4.79 Å². The van der Waals surface area contributed by atoms with Gasteiger partial charge in [0.1, 0.15) is 0 Å². The fourth-order valence-corrected chi connectivity index (χ4v) is 8.18. The highest BCUT2D eigenvalue weighted by Crippen LogP contribution is 2.41. The summed E-state index contributed by atoms with van der Waals surface area (Å²) >= 11 is 1.45. The zero-order valence-corrected chi connectivity index (χ0v) is 16.3. The van der Waals surface area contributed by atoms with Gasteiger partial charge in [-0.25, -0.2) is 8.42 Å². The van der Waals surface area contributed by atoms with Crippen LogP contribution in [0.1, 0.15) is 38.5 Å². The second kappa shape index (κ2) is 7.35. The first-order valence-electron chi connectivity index (χ1n) is 9.35. The Hall–Kier alpha value is -1.34. The molecule has 0 bridgehead atoms. The van der Waals surface area contributed by atoms with Crippen LogP contribution in [0.5, 0.6) is 0 Å². The van der Waals surface area contributed by atoms with Crippen molar-refractivity contribution in [1.29, 1.82) is 0 Å². The van der Waals surface area contributed by atoms with Crippen LogP contribution in [0, 0.1) is 5.92 Å². The molecule has 3 aliphatic rings. The van der Waals surface area contributed by atoms with E-state index in [9.17, 15) is 13.2 Å². The van der Waals surface area contributed by atoms with Crippen molar-refractivity contribution in [2.75, 3.05) is 16.4 Å². The highest BCUT2D eigenvalue weighted by atomic mass is 32.2. The Morgan fingerprint density at radius 1 is 1.12 bits per heavy atom. The summed E-state index contributed by atoms with van der Waals surface area (Å²) in [6.07, 6.45) is 6.45. The van der Waals surface area contributed by atoms with Gasteiger partial charge in [-0.1, -0.05) is 49.2 Å². The topological polar surface area (TPSA) is 66.8 Å². The quantitative estimate of drug-likeness (QED) is 0.790. The van der Waals surface area contributed by atoms with Gasteiger partial charge in [-0.2, -0.15) is 4.99 Å². The number of hydrogen-bond acceptors (Lipinski definition) is 4. The third-order valence-electron chi connectivity index (χ3n) is 5.51. The fourth-order valence-electron chi connectivity index (χ4n) is 4.25. The van der Waals surface area contributed by atoms with Gasteiger partial charge in [0.15, 0.2) is 15.0 Å². The summed E-state index contributed by atoms with van der Waals surface area (Å²) in [5, 5.41) is 0.628. The van der Waals surface area contributed by atoms with Gasteiger partial charge in [0.2, 0.25) is 5.91 Å². The molecule has 1 aromatic carbocycles. The largest absolute Gasteiger partial charge is 0.316 e. The molecule has 2 heterocycles. The van der Waals surface area contributed by atoms with Crippen molar-refractivity contribution < 1.29 is 13.2 Å². The third kappa shape index (κ3) is 3.83. The molecule has 0 spiro atoms. The van der Waals surface area contributed by atoms with E-state index in [1.165, 1.54) is 31.0 Å². The smallest absolute Gasteiger partial charge is 0.248 e. The van der Waals surface area contributed by atoms with Crippen LogP contribution in [-0.4, -0.2) is 42.3 Å². The Labute approximate surface area is 159 Å². The lowest BCUT2D eigenvalue weighted by Crippen LogP contribution is -2.37. The molecule has 140 valence electrons. The monoisotopic (exact) mass is 392 g/mol. The van der Waals surface area contributed by atoms with Crippen LogP contribution in [0.3, 0.4) is 0 Å². The minimum atomic E-state index is -3.02. The van der Waals surface area contributed by atoms with E-state index in [0.717, 1.165) is 18.5 Å². The van der Waals surface area contributed by atoms with Gasteiger partial charge >= 0.3 is 0 Å². The van der Waals surface area contributed by atoms with Crippen LogP contribution < -0.4 is 4.90 Å². The first kappa shape index (κ1) is 18.0. The molecule has 1 aliphatic carbocycles. The number of carbonyl (C=O) groups excluding carboxylic acids is 1. The van der Waals surface area contributed by atoms with E-state index in [-0.39, 0.29) is 28.7 Å². The number of anilines is 1. The van der Waals surface area contributed by atoms with E-state index < -0.39 is 9.84 Å². The number of amidine groups is 1. The lowest BCUT2D eigenvalue weighted by molar-refractivity contribution is -0.118. The molecular formula is C19H24N2O3S2. The van der Waals surface area contributed by atoms with Crippen molar-refractivity contribution in [1.82, 2.24) is 0 Å². The molecule has 1 aromatic rings. The number of carbonyl (C=O) groups is 1. The van der Waals surface area contributed by atoms with Crippen LogP contribution in [0.4, 0.5) is 5.69 Å². The molecule has 0 radical (unpaired) electrons. The minimum absolute atomic E-state index is 0.0403. The summed E-state index contributed by atoms with van der Waals surface area (Å²) in [6.45, 7) is 0. The van der Waals surface area contributed by atoms with E-state index in [1.54, 1.807) is 0 Å². The number of benzene rings is 1. The molecule has 1 amide bonds. The summed E-state index contributed by atoms with van der Waals surface area (Å²) in [7, 11) is -3.02. The van der Waals surface area contributed by atoms with Gasteiger partial charge in [0, 0.05) is 17.4 Å². The molecule has 2 aliphatic heterocycles. The van der Waals surface area contributed by atoms with Crippen molar-refractivity contribution in [2.45, 2.75) is 49.8 Å². The Kier molecular flexibility index (Phi) is 5.10. The molecular weight excluding hydrogens is 368 g/mol. The molecule has 5 nitrogen and oxygen atoms in total. The molecule has 0 aromatic heterocycles. The number of nitrogens with zero attached hydrogens (tertiary/aromatic N) is 2. The van der Waals surface area contributed by atoms with Gasteiger partial charge in [-0.05, 0) is 30.9 Å². The van der Waals surface area contributed by atoms with Crippen LogP contribution in [0.15, 0.2) is 35.3 Å². The maximum Gasteiger partial charge on any atom is 0.248 e. The maximum atomic E-state index is 12.5. The van der Waals surface area contributed by atoms with Crippen LogP contribution in [-0.2, 0) is 14.6 Å².